The van der Waals surface area contributed by atoms with Crippen molar-refractivity contribution < 1.29 is 14.7 Å². The summed E-state index contributed by atoms with van der Waals surface area (Å²) in [4.78, 5) is 23.7. The van der Waals surface area contributed by atoms with Crippen LogP contribution >= 0.6 is 11.3 Å². The molecular weight excluding hydrogens is 202 g/mol. The van der Waals surface area contributed by atoms with E-state index >= 15 is 0 Å². The van der Waals surface area contributed by atoms with Crippen LogP contribution in [-0.2, 0) is 9.59 Å². The van der Waals surface area contributed by atoms with Gasteiger partial charge in [0.1, 0.15) is 0 Å². The van der Waals surface area contributed by atoms with Gasteiger partial charge in [-0.25, -0.2) is 4.79 Å². The Balaban J connectivity index is 2.75. The fourth-order valence-corrected chi connectivity index (χ4v) is 1.87. The SMILES string of the molecule is CC(c1cccs1)N(C)C(=O)C(=O)O. The summed E-state index contributed by atoms with van der Waals surface area (Å²) in [7, 11) is 1.49. The average molecular weight is 213 g/mol. The Labute approximate surface area is 85.8 Å². The Bertz CT molecular complexity index is 334. The lowest BCUT2D eigenvalue weighted by Gasteiger charge is -2.21. The molecule has 0 aromatic carbocycles. The van der Waals surface area contributed by atoms with Crippen LogP contribution < -0.4 is 0 Å². The summed E-state index contributed by atoms with van der Waals surface area (Å²) in [6, 6.07) is 3.55. The van der Waals surface area contributed by atoms with Crippen LogP contribution in [0.5, 0.6) is 0 Å². The van der Waals surface area contributed by atoms with E-state index < -0.39 is 11.9 Å². The van der Waals surface area contributed by atoms with E-state index in [1.54, 1.807) is 6.92 Å². The first-order chi connectivity index (χ1) is 6.54. The molecule has 0 aliphatic carbocycles. The molecule has 1 rings (SSSR count). The second kappa shape index (κ2) is 4.23. The number of carboxylic acid groups (broad SMARTS) is 1. The molecular formula is C9H11NO3S. The van der Waals surface area contributed by atoms with E-state index in [9.17, 15) is 9.59 Å². The van der Waals surface area contributed by atoms with E-state index in [1.165, 1.54) is 23.3 Å². The normalized spacial score (nSPS) is 12.1. The number of carbonyl (C=O) groups is 2. The number of amides is 1. The van der Waals surface area contributed by atoms with Crippen LogP contribution in [0, 0.1) is 0 Å². The highest BCUT2D eigenvalue weighted by Crippen LogP contribution is 2.23. The molecule has 1 aromatic heterocycles. The molecule has 0 bridgehead atoms. The van der Waals surface area contributed by atoms with Gasteiger partial charge in [-0.2, -0.15) is 0 Å². The Morgan fingerprint density at radius 2 is 2.21 bits per heavy atom. The van der Waals surface area contributed by atoms with E-state index in [0.29, 0.717) is 0 Å². The highest BCUT2D eigenvalue weighted by atomic mass is 32.1. The number of thiophene rings is 1. The van der Waals surface area contributed by atoms with Gasteiger partial charge in [-0.1, -0.05) is 6.07 Å². The third kappa shape index (κ3) is 2.11. The minimum absolute atomic E-state index is 0.196. The maximum Gasteiger partial charge on any atom is 0.394 e. The van der Waals surface area contributed by atoms with Crippen molar-refractivity contribution in [3.8, 4) is 0 Å². The summed E-state index contributed by atoms with van der Waals surface area (Å²) in [6.07, 6.45) is 0. The van der Waals surface area contributed by atoms with Crippen molar-refractivity contribution in [2.75, 3.05) is 7.05 Å². The predicted molar refractivity (Wildman–Crippen MR) is 53.1 cm³/mol. The van der Waals surface area contributed by atoms with Crippen LogP contribution in [0.4, 0.5) is 0 Å². The van der Waals surface area contributed by atoms with Crippen molar-refractivity contribution >= 4 is 23.2 Å². The molecule has 0 fully saturated rings. The van der Waals surface area contributed by atoms with Gasteiger partial charge in [0, 0.05) is 11.9 Å². The highest BCUT2D eigenvalue weighted by Gasteiger charge is 2.23. The molecule has 1 heterocycles. The van der Waals surface area contributed by atoms with Gasteiger partial charge in [0.2, 0.25) is 0 Å². The number of rotatable bonds is 2. The Morgan fingerprint density at radius 1 is 1.57 bits per heavy atom. The molecule has 1 atom stereocenters. The molecule has 1 N–H and O–H groups in total. The Kier molecular flexibility index (Phi) is 3.24. The molecule has 1 unspecified atom stereocenters. The van der Waals surface area contributed by atoms with E-state index in [4.69, 9.17) is 5.11 Å². The number of carbonyl (C=O) groups excluding carboxylic acids is 1. The van der Waals surface area contributed by atoms with Crippen LogP contribution in [0.1, 0.15) is 17.8 Å². The largest absolute Gasteiger partial charge is 0.474 e. The summed E-state index contributed by atoms with van der Waals surface area (Å²) < 4.78 is 0. The third-order valence-electron chi connectivity index (χ3n) is 2.04. The van der Waals surface area contributed by atoms with Crippen LogP contribution in [0.25, 0.3) is 0 Å². The maximum atomic E-state index is 11.1. The molecule has 0 aliphatic heterocycles. The Hall–Kier alpha value is -1.36. The number of hydrogen-bond acceptors (Lipinski definition) is 3. The summed E-state index contributed by atoms with van der Waals surface area (Å²) >= 11 is 1.50. The van der Waals surface area contributed by atoms with E-state index in [0.717, 1.165) is 4.88 Å². The molecule has 4 nitrogen and oxygen atoms in total. The van der Waals surface area contributed by atoms with Crippen molar-refractivity contribution in [2.24, 2.45) is 0 Å². The smallest absolute Gasteiger partial charge is 0.394 e. The predicted octanol–water partition coefficient (Wildman–Crippen LogP) is 1.35. The highest BCUT2D eigenvalue weighted by molar-refractivity contribution is 7.10. The van der Waals surface area contributed by atoms with Gasteiger partial charge in [0.05, 0.1) is 6.04 Å². The number of carboxylic acids is 1. The van der Waals surface area contributed by atoms with Crippen LogP contribution in [0.15, 0.2) is 17.5 Å². The van der Waals surface area contributed by atoms with Crippen LogP contribution in [0.2, 0.25) is 0 Å². The van der Waals surface area contributed by atoms with Gasteiger partial charge in [0.25, 0.3) is 0 Å². The summed E-state index contributed by atoms with van der Waals surface area (Å²) in [5.41, 5.74) is 0. The maximum absolute atomic E-state index is 11.1. The summed E-state index contributed by atoms with van der Waals surface area (Å²) in [5, 5.41) is 10.4. The van der Waals surface area contributed by atoms with Gasteiger partial charge in [-0.15, -0.1) is 11.3 Å². The van der Waals surface area contributed by atoms with Gasteiger partial charge < -0.3 is 10.0 Å². The molecule has 0 saturated heterocycles. The lowest BCUT2D eigenvalue weighted by atomic mass is 10.2. The van der Waals surface area contributed by atoms with E-state index in [-0.39, 0.29) is 6.04 Å². The summed E-state index contributed by atoms with van der Waals surface area (Å²) in [6.45, 7) is 1.80. The Morgan fingerprint density at radius 3 is 2.64 bits per heavy atom. The fraction of sp³-hybridized carbons (Fsp3) is 0.333. The van der Waals surface area contributed by atoms with Gasteiger partial charge in [-0.3, -0.25) is 4.79 Å². The monoisotopic (exact) mass is 213 g/mol. The quantitative estimate of drug-likeness (QED) is 0.754. The molecule has 5 heteroatoms. The first-order valence-corrected chi connectivity index (χ1v) is 4.95. The number of likely N-dealkylation sites (N-methyl/N-ethyl adjacent to an activating group) is 1. The zero-order valence-electron chi connectivity index (χ0n) is 7.93. The minimum Gasteiger partial charge on any atom is -0.474 e. The molecule has 0 saturated carbocycles. The third-order valence-corrected chi connectivity index (χ3v) is 3.08. The zero-order valence-corrected chi connectivity index (χ0v) is 8.75. The second-order valence-corrected chi connectivity index (χ2v) is 3.89. The average Bonchev–Trinajstić information content (AvgIpc) is 2.67. The van der Waals surface area contributed by atoms with Gasteiger partial charge in [-0.05, 0) is 18.4 Å². The van der Waals surface area contributed by atoms with Crippen molar-refractivity contribution in [1.82, 2.24) is 4.90 Å². The first kappa shape index (κ1) is 10.7. The number of aliphatic carboxylic acids is 1. The molecule has 14 heavy (non-hydrogen) atoms. The van der Waals surface area contributed by atoms with Gasteiger partial charge >= 0.3 is 11.9 Å². The molecule has 1 aromatic rings. The molecule has 0 spiro atoms. The first-order valence-electron chi connectivity index (χ1n) is 4.07. The lowest BCUT2D eigenvalue weighted by Crippen LogP contribution is -2.34. The topological polar surface area (TPSA) is 57.6 Å². The minimum atomic E-state index is -1.42. The van der Waals surface area contributed by atoms with Crippen LogP contribution in [0.3, 0.4) is 0 Å². The molecule has 1 amide bonds. The van der Waals surface area contributed by atoms with E-state index in [2.05, 4.69) is 0 Å². The van der Waals surface area contributed by atoms with Crippen LogP contribution in [-0.4, -0.2) is 28.9 Å². The molecule has 0 radical (unpaired) electrons. The standard InChI is InChI=1S/C9H11NO3S/c1-6(7-4-3-5-14-7)10(2)8(11)9(12)13/h3-6H,1-2H3,(H,12,13). The molecule has 76 valence electrons. The zero-order chi connectivity index (χ0) is 10.7. The summed E-state index contributed by atoms with van der Waals surface area (Å²) in [5.74, 6) is -2.30. The molecule has 0 aliphatic rings. The second-order valence-electron chi connectivity index (χ2n) is 2.91. The van der Waals surface area contributed by atoms with E-state index in [1.807, 2.05) is 17.5 Å². The van der Waals surface area contributed by atoms with Gasteiger partial charge in [0.15, 0.2) is 0 Å². The fourth-order valence-electron chi connectivity index (χ4n) is 1.05. The lowest BCUT2D eigenvalue weighted by molar-refractivity contribution is -0.156. The van der Waals surface area contributed by atoms with Crippen molar-refractivity contribution in [2.45, 2.75) is 13.0 Å². The van der Waals surface area contributed by atoms with Crippen molar-refractivity contribution in [3.63, 3.8) is 0 Å². The number of nitrogens with zero attached hydrogens (tertiary/aromatic N) is 1. The van der Waals surface area contributed by atoms with Crippen molar-refractivity contribution in [1.29, 1.82) is 0 Å². The number of hydrogen-bond donors (Lipinski definition) is 1. The van der Waals surface area contributed by atoms with Crippen molar-refractivity contribution in [3.05, 3.63) is 22.4 Å².